The lowest BCUT2D eigenvalue weighted by molar-refractivity contribution is 0.0733. The summed E-state index contributed by atoms with van der Waals surface area (Å²) in [6, 6.07) is 18.9. The van der Waals surface area contributed by atoms with Crippen molar-refractivity contribution in [2.24, 2.45) is 0 Å². The van der Waals surface area contributed by atoms with Crippen molar-refractivity contribution in [2.45, 2.75) is 39.5 Å². The fourth-order valence-corrected chi connectivity index (χ4v) is 4.60. The van der Waals surface area contributed by atoms with Gasteiger partial charge in [0.15, 0.2) is 0 Å². The number of fused-ring (bicyclic) bond motifs is 2. The van der Waals surface area contributed by atoms with Crippen molar-refractivity contribution in [1.29, 1.82) is 0 Å². The zero-order valence-corrected chi connectivity index (χ0v) is 20.3. The lowest BCUT2D eigenvalue weighted by atomic mass is 9.94. The van der Waals surface area contributed by atoms with Crippen LogP contribution in [0.5, 0.6) is 5.75 Å². The summed E-state index contributed by atoms with van der Waals surface area (Å²) >= 11 is 0. The first-order valence-electron chi connectivity index (χ1n) is 12.2. The number of aryl methyl sites for hydroxylation is 2. The molecule has 1 amide bonds. The number of carbonyl (C=O) groups is 1. The molecule has 4 rings (SSSR count). The quantitative estimate of drug-likeness (QED) is 0.380. The van der Waals surface area contributed by atoms with E-state index in [1.54, 1.807) is 0 Å². The monoisotopic (exact) mass is 444 g/mol. The first-order chi connectivity index (χ1) is 16.0. The van der Waals surface area contributed by atoms with Crippen molar-refractivity contribution in [3.63, 3.8) is 0 Å². The molecule has 0 spiro atoms. The number of hydrogen-bond acceptors (Lipinski definition) is 3. The maximum absolute atomic E-state index is 12.9. The molecule has 33 heavy (non-hydrogen) atoms. The summed E-state index contributed by atoms with van der Waals surface area (Å²) in [6.45, 7) is 8.69. The highest BCUT2D eigenvalue weighted by Crippen LogP contribution is 2.23. The minimum absolute atomic E-state index is 0.202. The van der Waals surface area contributed by atoms with E-state index in [1.165, 1.54) is 27.5 Å². The minimum atomic E-state index is 0.202. The van der Waals surface area contributed by atoms with E-state index < -0.39 is 0 Å². The van der Waals surface area contributed by atoms with Gasteiger partial charge >= 0.3 is 0 Å². The third kappa shape index (κ3) is 5.94. The van der Waals surface area contributed by atoms with Gasteiger partial charge < -0.3 is 14.5 Å². The molecule has 0 bridgehead atoms. The summed E-state index contributed by atoms with van der Waals surface area (Å²) < 4.78 is 5.95. The average molecular weight is 445 g/mol. The van der Waals surface area contributed by atoms with Gasteiger partial charge in [-0.05, 0) is 105 Å². The number of amides is 1. The van der Waals surface area contributed by atoms with Crippen LogP contribution in [0.15, 0.2) is 54.6 Å². The predicted molar refractivity (Wildman–Crippen MR) is 136 cm³/mol. The normalized spacial score (nSPS) is 13.6. The first kappa shape index (κ1) is 23.3. The Hall–Kier alpha value is -2.85. The van der Waals surface area contributed by atoms with Gasteiger partial charge in [-0.15, -0.1) is 0 Å². The van der Waals surface area contributed by atoms with Gasteiger partial charge in [-0.1, -0.05) is 36.4 Å². The Morgan fingerprint density at radius 1 is 0.909 bits per heavy atom. The summed E-state index contributed by atoms with van der Waals surface area (Å²) in [4.78, 5) is 17.3. The molecular formula is C29H36N2O2. The third-order valence-corrected chi connectivity index (χ3v) is 6.78. The second-order valence-electron chi connectivity index (χ2n) is 9.36. The smallest absolute Gasteiger partial charge is 0.254 e. The summed E-state index contributed by atoms with van der Waals surface area (Å²) in [7, 11) is 2.17. The van der Waals surface area contributed by atoms with E-state index in [9.17, 15) is 4.79 Å². The second kappa shape index (κ2) is 10.8. The SMILES string of the molecule is Cc1cc2c(cc1C)C(=O)N(CCCN(C)CCCCOc1ccc3ccccc3c1)CC2. The van der Waals surface area contributed by atoms with Crippen LogP contribution in [0, 0.1) is 13.8 Å². The molecule has 0 radical (unpaired) electrons. The van der Waals surface area contributed by atoms with Crippen molar-refractivity contribution in [2.75, 3.05) is 39.8 Å². The Bertz CT molecular complexity index is 1110. The zero-order chi connectivity index (χ0) is 23.2. The van der Waals surface area contributed by atoms with Crippen LogP contribution >= 0.6 is 0 Å². The van der Waals surface area contributed by atoms with E-state index in [-0.39, 0.29) is 5.91 Å². The molecule has 3 aromatic carbocycles. The van der Waals surface area contributed by atoms with Crippen molar-refractivity contribution < 1.29 is 9.53 Å². The van der Waals surface area contributed by atoms with E-state index in [4.69, 9.17) is 4.74 Å². The highest BCUT2D eigenvalue weighted by Gasteiger charge is 2.24. The summed E-state index contributed by atoms with van der Waals surface area (Å²) in [5.41, 5.74) is 4.60. The van der Waals surface area contributed by atoms with Crippen molar-refractivity contribution in [3.05, 3.63) is 76.9 Å². The molecule has 0 aromatic heterocycles. The van der Waals surface area contributed by atoms with Gasteiger partial charge in [0, 0.05) is 18.7 Å². The van der Waals surface area contributed by atoms with Crippen LogP contribution < -0.4 is 4.74 Å². The Kier molecular flexibility index (Phi) is 7.66. The fourth-order valence-electron chi connectivity index (χ4n) is 4.60. The van der Waals surface area contributed by atoms with Crippen LogP contribution in [0.1, 0.15) is 46.3 Å². The van der Waals surface area contributed by atoms with Crippen LogP contribution in [-0.2, 0) is 6.42 Å². The van der Waals surface area contributed by atoms with Gasteiger partial charge in [0.2, 0.25) is 0 Å². The molecule has 0 fully saturated rings. The van der Waals surface area contributed by atoms with Crippen molar-refractivity contribution in [1.82, 2.24) is 9.80 Å². The van der Waals surface area contributed by atoms with E-state index in [2.05, 4.69) is 80.4 Å². The number of ether oxygens (including phenoxy) is 1. The molecule has 0 saturated heterocycles. The Morgan fingerprint density at radius 2 is 1.67 bits per heavy atom. The summed E-state index contributed by atoms with van der Waals surface area (Å²) in [6.07, 6.45) is 4.13. The van der Waals surface area contributed by atoms with Gasteiger partial charge in [0.05, 0.1) is 6.61 Å². The first-order valence-corrected chi connectivity index (χ1v) is 12.2. The van der Waals surface area contributed by atoms with E-state index in [0.717, 1.165) is 69.8 Å². The van der Waals surface area contributed by atoms with Crippen LogP contribution in [0.25, 0.3) is 10.8 Å². The fraction of sp³-hybridized carbons (Fsp3) is 0.414. The van der Waals surface area contributed by atoms with Gasteiger partial charge in [0.1, 0.15) is 5.75 Å². The number of nitrogens with zero attached hydrogens (tertiary/aromatic N) is 2. The van der Waals surface area contributed by atoms with E-state index in [1.807, 2.05) is 4.90 Å². The molecule has 1 aliphatic rings. The Morgan fingerprint density at radius 3 is 2.52 bits per heavy atom. The largest absolute Gasteiger partial charge is 0.494 e. The minimum Gasteiger partial charge on any atom is -0.494 e. The molecule has 4 heteroatoms. The maximum Gasteiger partial charge on any atom is 0.254 e. The number of benzene rings is 3. The standard InChI is InChI=1S/C29H36N2O2/c1-22-19-26-13-17-31(29(32)28(26)20-23(22)2)16-8-15-30(3)14-6-7-18-33-27-12-11-24-9-4-5-10-25(24)21-27/h4-5,9-12,19-21H,6-8,13-18H2,1-3H3. The van der Waals surface area contributed by atoms with Crippen molar-refractivity contribution >= 4 is 16.7 Å². The molecular weight excluding hydrogens is 408 g/mol. The summed E-state index contributed by atoms with van der Waals surface area (Å²) in [5.74, 6) is 1.15. The highest BCUT2D eigenvalue weighted by molar-refractivity contribution is 5.97. The molecule has 4 nitrogen and oxygen atoms in total. The molecule has 0 unspecified atom stereocenters. The molecule has 0 N–H and O–H groups in total. The van der Waals surface area contributed by atoms with Gasteiger partial charge in [-0.3, -0.25) is 4.79 Å². The molecule has 0 atom stereocenters. The van der Waals surface area contributed by atoms with E-state index in [0.29, 0.717) is 0 Å². The summed E-state index contributed by atoms with van der Waals surface area (Å²) in [5, 5.41) is 2.46. The van der Waals surface area contributed by atoms with Crippen LogP contribution in [-0.4, -0.2) is 55.5 Å². The number of hydrogen-bond donors (Lipinski definition) is 0. The zero-order valence-electron chi connectivity index (χ0n) is 20.3. The molecule has 0 aliphatic carbocycles. The number of unbranched alkanes of at least 4 members (excludes halogenated alkanes) is 1. The lowest BCUT2D eigenvalue weighted by Crippen LogP contribution is -2.39. The maximum atomic E-state index is 12.9. The van der Waals surface area contributed by atoms with Gasteiger partial charge in [-0.2, -0.15) is 0 Å². The average Bonchev–Trinajstić information content (AvgIpc) is 2.81. The van der Waals surface area contributed by atoms with Crippen LogP contribution in [0.3, 0.4) is 0 Å². The van der Waals surface area contributed by atoms with Gasteiger partial charge in [0.25, 0.3) is 5.91 Å². The highest BCUT2D eigenvalue weighted by atomic mass is 16.5. The number of rotatable bonds is 10. The van der Waals surface area contributed by atoms with Crippen LogP contribution in [0.4, 0.5) is 0 Å². The second-order valence-corrected chi connectivity index (χ2v) is 9.36. The molecule has 1 aliphatic heterocycles. The van der Waals surface area contributed by atoms with Crippen LogP contribution in [0.2, 0.25) is 0 Å². The predicted octanol–water partition coefficient (Wildman–Crippen LogP) is 5.64. The van der Waals surface area contributed by atoms with E-state index >= 15 is 0 Å². The molecule has 3 aromatic rings. The molecule has 0 saturated carbocycles. The Labute approximate surface area is 198 Å². The number of carbonyl (C=O) groups excluding carboxylic acids is 1. The van der Waals surface area contributed by atoms with Gasteiger partial charge in [-0.25, -0.2) is 0 Å². The molecule has 174 valence electrons. The topological polar surface area (TPSA) is 32.8 Å². The molecule has 1 heterocycles. The lowest BCUT2D eigenvalue weighted by Gasteiger charge is -2.30. The third-order valence-electron chi connectivity index (χ3n) is 6.78. The Balaban J connectivity index is 1.12. The van der Waals surface area contributed by atoms with Crippen molar-refractivity contribution in [3.8, 4) is 5.75 Å².